The molecule has 1 atom stereocenters. The Bertz CT molecular complexity index is 218. The monoisotopic (exact) mass is 218 g/mol. The SMILES string of the molecule is C[C@H](CSC(=O)CC(C)(C)C)C(=O)O. The lowest BCUT2D eigenvalue weighted by Gasteiger charge is -2.16. The molecule has 0 saturated heterocycles. The van der Waals surface area contributed by atoms with Crippen LogP contribution >= 0.6 is 11.8 Å². The molecule has 4 heteroatoms. The van der Waals surface area contributed by atoms with Gasteiger partial charge >= 0.3 is 5.97 Å². The maximum atomic E-state index is 11.4. The van der Waals surface area contributed by atoms with E-state index in [1.807, 2.05) is 20.8 Å². The fourth-order valence-electron chi connectivity index (χ4n) is 0.773. The van der Waals surface area contributed by atoms with E-state index in [9.17, 15) is 9.59 Å². The van der Waals surface area contributed by atoms with Gasteiger partial charge < -0.3 is 5.11 Å². The molecular formula is C10H18O3S. The topological polar surface area (TPSA) is 54.4 Å². The van der Waals surface area contributed by atoms with Crippen molar-refractivity contribution in [1.82, 2.24) is 0 Å². The highest BCUT2D eigenvalue weighted by atomic mass is 32.2. The van der Waals surface area contributed by atoms with Crippen LogP contribution in [0.3, 0.4) is 0 Å². The van der Waals surface area contributed by atoms with Crippen LogP contribution in [0, 0.1) is 11.3 Å². The number of carbonyl (C=O) groups excluding carboxylic acids is 1. The van der Waals surface area contributed by atoms with Gasteiger partial charge in [-0.15, -0.1) is 0 Å². The third-order valence-corrected chi connectivity index (χ3v) is 2.72. The zero-order chi connectivity index (χ0) is 11.4. The normalized spacial score (nSPS) is 13.7. The first-order chi connectivity index (χ1) is 6.22. The molecule has 0 spiro atoms. The van der Waals surface area contributed by atoms with Crippen LogP contribution in [0.2, 0.25) is 0 Å². The average molecular weight is 218 g/mol. The molecular weight excluding hydrogens is 200 g/mol. The Balaban J connectivity index is 3.81. The molecule has 0 saturated carbocycles. The average Bonchev–Trinajstić information content (AvgIpc) is 1.96. The second-order valence-corrected chi connectivity index (χ2v) is 5.74. The molecule has 0 unspecified atom stereocenters. The molecule has 3 nitrogen and oxygen atoms in total. The number of carbonyl (C=O) groups is 2. The zero-order valence-electron chi connectivity index (χ0n) is 9.16. The predicted octanol–water partition coefficient (Wildman–Crippen LogP) is 2.40. The summed E-state index contributed by atoms with van der Waals surface area (Å²) in [5, 5.41) is 8.68. The van der Waals surface area contributed by atoms with Crippen LogP contribution in [0.15, 0.2) is 0 Å². The summed E-state index contributed by atoms with van der Waals surface area (Å²) >= 11 is 1.12. The van der Waals surface area contributed by atoms with E-state index in [0.29, 0.717) is 12.2 Å². The highest BCUT2D eigenvalue weighted by Crippen LogP contribution is 2.23. The van der Waals surface area contributed by atoms with E-state index < -0.39 is 11.9 Å². The maximum Gasteiger partial charge on any atom is 0.307 e. The molecule has 0 aromatic rings. The molecule has 0 aromatic heterocycles. The van der Waals surface area contributed by atoms with Crippen molar-refractivity contribution < 1.29 is 14.7 Å². The van der Waals surface area contributed by atoms with Crippen LogP contribution in [0.1, 0.15) is 34.1 Å². The molecule has 0 radical (unpaired) electrons. The van der Waals surface area contributed by atoms with Gasteiger partial charge in [0, 0.05) is 12.2 Å². The first-order valence-electron chi connectivity index (χ1n) is 4.61. The van der Waals surface area contributed by atoms with Crippen LogP contribution in [0.25, 0.3) is 0 Å². The number of carboxylic acids is 1. The molecule has 0 heterocycles. The van der Waals surface area contributed by atoms with Gasteiger partial charge in [-0.3, -0.25) is 9.59 Å². The van der Waals surface area contributed by atoms with E-state index in [-0.39, 0.29) is 10.5 Å². The predicted molar refractivity (Wildman–Crippen MR) is 58.3 cm³/mol. The van der Waals surface area contributed by atoms with Crippen molar-refractivity contribution in [3.63, 3.8) is 0 Å². The van der Waals surface area contributed by atoms with Crippen molar-refractivity contribution in [2.24, 2.45) is 11.3 Å². The van der Waals surface area contributed by atoms with Gasteiger partial charge in [0.15, 0.2) is 5.12 Å². The lowest BCUT2D eigenvalue weighted by Crippen LogP contribution is -2.15. The number of thioether (sulfide) groups is 1. The van der Waals surface area contributed by atoms with Gasteiger partial charge in [-0.05, 0) is 5.41 Å². The van der Waals surface area contributed by atoms with Gasteiger partial charge in [-0.2, -0.15) is 0 Å². The quantitative estimate of drug-likeness (QED) is 0.787. The highest BCUT2D eigenvalue weighted by molar-refractivity contribution is 8.13. The smallest absolute Gasteiger partial charge is 0.307 e. The summed E-state index contributed by atoms with van der Waals surface area (Å²) in [6.45, 7) is 7.59. The molecule has 0 bridgehead atoms. The maximum absolute atomic E-state index is 11.4. The van der Waals surface area contributed by atoms with Crippen LogP contribution < -0.4 is 0 Å². The fraction of sp³-hybridized carbons (Fsp3) is 0.800. The molecule has 1 N–H and O–H groups in total. The van der Waals surface area contributed by atoms with Gasteiger partial charge in [0.1, 0.15) is 0 Å². The molecule has 82 valence electrons. The summed E-state index contributed by atoms with van der Waals surface area (Å²) in [5.41, 5.74) is -0.0173. The van der Waals surface area contributed by atoms with Crippen molar-refractivity contribution >= 4 is 22.8 Å². The molecule has 0 aliphatic carbocycles. The van der Waals surface area contributed by atoms with E-state index >= 15 is 0 Å². The minimum absolute atomic E-state index is 0.0173. The Labute approximate surface area is 89.3 Å². The van der Waals surface area contributed by atoms with Crippen molar-refractivity contribution in [2.45, 2.75) is 34.1 Å². The van der Waals surface area contributed by atoms with Crippen LogP contribution in [0.4, 0.5) is 0 Å². The summed E-state index contributed by atoms with van der Waals surface area (Å²) in [6.07, 6.45) is 0.490. The number of rotatable bonds is 4. The Morgan fingerprint density at radius 2 is 1.86 bits per heavy atom. The Kier molecular flexibility index (Phi) is 5.19. The van der Waals surface area contributed by atoms with Gasteiger partial charge in [0.2, 0.25) is 0 Å². The summed E-state index contributed by atoms with van der Waals surface area (Å²) in [7, 11) is 0. The molecule has 0 amide bonds. The third kappa shape index (κ3) is 6.95. The van der Waals surface area contributed by atoms with E-state index in [1.165, 1.54) is 0 Å². The largest absolute Gasteiger partial charge is 0.481 e. The second-order valence-electron chi connectivity index (χ2n) is 4.66. The summed E-state index contributed by atoms with van der Waals surface area (Å²) in [6, 6.07) is 0. The number of hydrogen-bond donors (Lipinski definition) is 1. The highest BCUT2D eigenvalue weighted by Gasteiger charge is 2.18. The lowest BCUT2D eigenvalue weighted by molar-refractivity contribution is -0.140. The third-order valence-electron chi connectivity index (χ3n) is 1.59. The summed E-state index contributed by atoms with van der Waals surface area (Å²) in [5.74, 6) is -0.936. The van der Waals surface area contributed by atoms with Crippen LogP contribution in [-0.2, 0) is 9.59 Å². The second kappa shape index (κ2) is 5.39. The Hall–Kier alpha value is -0.510. The minimum atomic E-state index is -0.846. The number of carboxylic acid groups (broad SMARTS) is 1. The standard InChI is InChI=1S/C10H18O3S/c1-7(9(12)13)6-14-8(11)5-10(2,3)4/h7H,5-6H2,1-4H3,(H,12,13)/t7-/m1/s1. The van der Waals surface area contributed by atoms with Gasteiger partial charge in [-0.1, -0.05) is 39.5 Å². The van der Waals surface area contributed by atoms with Crippen LogP contribution in [0.5, 0.6) is 0 Å². The van der Waals surface area contributed by atoms with E-state index in [4.69, 9.17) is 5.11 Å². The van der Waals surface area contributed by atoms with E-state index in [2.05, 4.69) is 0 Å². The molecule has 0 rings (SSSR count). The Morgan fingerprint density at radius 3 is 2.21 bits per heavy atom. The van der Waals surface area contributed by atoms with Gasteiger partial charge in [0.05, 0.1) is 5.92 Å². The lowest BCUT2D eigenvalue weighted by atomic mass is 9.93. The van der Waals surface area contributed by atoms with Gasteiger partial charge in [-0.25, -0.2) is 0 Å². The summed E-state index contributed by atoms with van der Waals surface area (Å²) < 4.78 is 0. The van der Waals surface area contributed by atoms with E-state index in [0.717, 1.165) is 11.8 Å². The first-order valence-corrected chi connectivity index (χ1v) is 5.59. The van der Waals surface area contributed by atoms with E-state index in [1.54, 1.807) is 6.92 Å². The van der Waals surface area contributed by atoms with Gasteiger partial charge in [0.25, 0.3) is 0 Å². The van der Waals surface area contributed by atoms with Crippen molar-refractivity contribution in [2.75, 3.05) is 5.75 Å². The van der Waals surface area contributed by atoms with Crippen molar-refractivity contribution in [3.8, 4) is 0 Å². The van der Waals surface area contributed by atoms with Crippen LogP contribution in [-0.4, -0.2) is 21.9 Å². The molecule has 0 aliphatic rings. The van der Waals surface area contributed by atoms with Crippen molar-refractivity contribution in [3.05, 3.63) is 0 Å². The van der Waals surface area contributed by atoms with Crippen molar-refractivity contribution in [1.29, 1.82) is 0 Å². The Morgan fingerprint density at radius 1 is 1.36 bits per heavy atom. The zero-order valence-corrected chi connectivity index (χ0v) is 9.98. The number of aliphatic carboxylic acids is 1. The fourth-order valence-corrected chi connectivity index (χ4v) is 1.89. The number of hydrogen-bond acceptors (Lipinski definition) is 3. The molecule has 14 heavy (non-hydrogen) atoms. The first kappa shape index (κ1) is 13.5. The molecule has 0 fully saturated rings. The molecule has 0 aromatic carbocycles. The summed E-state index contributed by atoms with van der Waals surface area (Å²) in [4.78, 5) is 21.8. The minimum Gasteiger partial charge on any atom is -0.481 e. The molecule has 0 aliphatic heterocycles.